The normalized spacial score (nSPS) is 27.4. The molecule has 2 N–H and O–H groups in total. The first-order valence-electron chi connectivity index (χ1n) is 6.37. The molecule has 0 amide bonds. The Hall–Kier alpha value is -1.61. The van der Waals surface area contributed by atoms with E-state index < -0.39 is 0 Å². The zero-order valence-electron chi connectivity index (χ0n) is 10.8. The molecule has 0 unspecified atom stereocenters. The Kier molecular flexibility index (Phi) is 2.52. The first-order chi connectivity index (χ1) is 8.58. The minimum atomic E-state index is 0.184. The van der Waals surface area contributed by atoms with E-state index in [0.29, 0.717) is 18.0 Å². The molecule has 1 aromatic carbocycles. The van der Waals surface area contributed by atoms with E-state index in [0.717, 1.165) is 17.7 Å². The van der Waals surface area contributed by atoms with Gasteiger partial charge in [-0.25, -0.2) is 0 Å². The van der Waals surface area contributed by atoms with Crippen molar-refractivity contribution in [2.24, 2.45) is 0 Å². The van der Waals surface area contributed by atoms with Crippen LogP contribution in [-0.2, 0) is 0 Å². The topological polar surface area (TPSA) is 46.3 Å². The summed E-state index contributed by atoms with van der Waals surface area (Å²) in [5, 5.41) is 0. The fourth-order valence-electron chi connectivity index (χ4n) is 3.32. The van der Waals surface area contributed by atoms with Crippen molar-refractivity contribution in [1.29, 1.82) is 0 Å². The highest BCUT2D eigenvalue weighted by atomic mass is 16.1. The number of hydrogen-bond donors (Lipinski definition) is 1. The molecule has 0 aromatic heterocycles. The van der Waals surface area contributed by atoms with Crippen molar-refractivity contribution in [3.63, 3.8) is 0 Å². The first-order valence-corrected chi connectivity index (χ1v) is 6.37. The zero-order chi connectivity index (χ0) is 12.9. The van der Waals surface area contributed by atoms with Crippen molar-refractivity contribution in [2.45, 2.75) is 25.3 Å². The van der Waals surface area contributed by atoms with E-state index in [1.165, 1.54) is 5.57 Å². The molecule has 0 saturated carbocycles. The third-order valence-electron chi connectivity index (χ3n) is 4.10. The number of ketones is 1. The minimum absolute atomic E-state index is 0.184. The molecule has 0 bridgehead atoms. The summed E-state index contributed by atoms with van der Waals surface area (Å²) in [5.41, 5.74) is 9.80. The van der Waals surface area contributed by atoms with Gasteiger partial charge in [0.25, 0.3) is 0 Å². The molecule has 3 rings (SSSR count). The number of carbonyl (C=O) groups excluding carboxylic acids is 1. The molecule has 1 heterocycles. The van der Waals surface area contributed by atoms with Gasteiger partial charge in [-0.1, -0.05) is 23.8 Å². The van der Waals surface area contributed by atoms with Gasteiger partial charge in [-0.2, -0.15) is 0 Å². The van der Waals surface area contributed by atoms with Crippen LogP contribution in [0, 0.1) is 0 Å². The number of benzene rings is 1. The van der Waals surface area contributed by atoms with Crippen molar-refractivity contribution in [3.8, 4) is 0 Å². The summed E-state index contributed by atoms with van der Waals surface area (Å²) in [6.45, 7) is 3.10. The highest BCUT2D eigenvalue weighted by Gasteiger charge is 2.37. The lowest BCUT2D eigenvalue weighted by atomic mass is 9.75. The molecule has 0 saturated heterocycles. The van der Waals surface area contributed by atoms with Crippen molar-refractivity contribution in [2.75, 3.05) is 19.3 Å². The molecule has 1 aromatic rings. The number of nitrogen functional groups attached to an aromatic ring is 1. The summed E-state index contributed by atoms with van der Waals surface area (Å²) in [7, 11) is 2.10. The SMILES string of the molecule is CC1=C[C@H]2c3cccc(N)c3C(=O)C[C@H]2N(C)C1. The average molecular weight is 242 g/mol. The Morgan fingerprint density at radius 2 is 2.17 bits per heavy atom. The van der Waals surface area contributed by atoms with Gasteiger partial charge >= 0.3 is 0 Å². The van der Waals surface area contributed by atoms with E-state index in [-0.39, 0.29) is 11.8 Å². The molecule has 3 heteroatoms. The summed E-state index contributed by atoms with van der Waals surface area (Å²) in [6.07, 6.45) is 2.88. The Labute approximate surface area is 107 Å². The lowest BCUT2D eigenvalue weighted by Crippen LogP contribution is -2.44. The quantitative estimate of drug-likeness (QED) is 0.560. The van der Waals surface area contributed by atoms with Crippen LogP contribution in [0.2, 0.25) is 0 Å². The smallest absolute Gasteiger partial charge is 0.166 e. The number of hydrogen-bond acceptors (Lipinski definition) is 3. The summed E-state index contributed by atoms with van der Waals surface area (Å²) in [4.78, 5) is 14.5. The third-order valence-corrected chi connectivity index (χ3v) is 4.10. The van der Waals surface area contributed by atoms with Crippen LogP contribution in [0.4, 0.5) is 5.69 Å². The lowest BCUT2D eigenvalue weighted by Gasteiger charge is -2.41. The van der Waals surface area contributed by atoms with E-state index in [1.807, 2.05) is 18.2 Å². The summed E-state index contributed by atoms with van der Waals surface area (Å²) in [5.74, 6) is 0.490. The Morgan fingerprint density at radius 3 is 2.94 bits per heavy atom. The molecule has 1 aliphatic carbocycles. The molecule has 3 nitrogen and oxygen atoms in total. The molecule has 2 atom stereocenters. The monoisotopic (exact) mass is 242 g/mol. The number of carbonyl (C=O) groups is 1. The summed E-state index contributed by atoms with van der Waals surface area (Å²) < 4.78 is 0. The molecular formula is C15H18N2O. The predicted molar refractivity (Wildman–Crippen MR) is 72.7 cm³/mol. The average Bonchev–Trinajstić information content (AvgIpc) is 2.31. The van der Waals surface area contributed by atoms with E-state index in [2.05, 4.69) is 24.9 Å². The van der Waals surface area contributed by atoms with Crippen LogP contribution in [0.25, 0.3) is 0 Å². The van der Waals surface area contributed by atoms with Gasteiger partial charge in [0.05, 0.1) is 0 Å². The Balaban J connectivity index is 2.18. The standard InChI is InChI=1S/C15H18N2O/c1-9-6-11-10-4-3-5-12(16)15(10)14(18)7-13(11)17(2)8-9/h3-6,11,13H,7-8,16H2,1-2H3/t11-,13+/m0/s1. The fraction of sp³-hybridized carbons (Fsp3) is 0.400. The van der Waals surface area contributed by atoms with E-state index >= 15 is 0 Å². The second kappa shape index (κ2) is 3.95. The number of rotatable bonds is 0. The van der Waals surface area contributed by atoms with Crippen LogP contribution in [0.3, 0.4) is 0 Å². The van der Waals surface area contributed by atoms with Crippen LogP contribution in [0.5, 0.6) is 0 Å². The van der Waals surface area contributed by atoms with Crippen LogP contribution in [-0.4, -0.2) is 30.3 Å². The van der Waals surface area contributed by atoms with Crippen molar-refractivity contribution < 1.29 is 4.79 Å². The number of nitrogens with zero attached hydrogens (tertiary/aromatic N) is 1. The highest BCUT2D eigenvalue weighted by Crippen LogP contribution is 2.40. The molecule has 0 radical (unpaired) electrons. The van der Waals surface area contributed by atoms with Gasteiger partial charge in [0.2, 0.25) is 0 Å². The zero-order valence-corrected chi connectivity index (χ0v) is 10.8. The molecular weight excluding hydrogens is 224 g/mol. The third kappa shape index (κ3) is 1.58. The van der Waals surface area contributed by atoms with Gasteiger partial charge in [-0.3, -0.25) is 9.69 Å². The second-order valence-corrected chi connectivity index (χ2v) is 5.46. The molecule has 2 aliphatic rings. The van der Waals surface area contributed by atoms with Crippen molar-refractivity contribution in [3.05, 3.63) is 41.0 Å². The van der Waals surface area contributed by atoms with E-state index in [4.69, 9.17) is 5.73 Å². The number of likely N-dealkylation sites (N-methyl/N-ethyl adjacent to an activating group) is 1. The largest absolute Gasteiger partial charge is 0.398 e. The maximum atomic E-state index is 12.3. The van der Waals surface area contributed by atoms with Crippen molar-refractivity contribution in [1.82, 2.24) is 4.90 Å². The maximum absolute atomic E-state index is 12.3. The van der Waals surface area contributed by atoms with Crippen molar-refractivity contribution >= 4 is 11.5 Å². The van der Waals surface area contributed by atoms with Crippen LogP contribution in [0.1, 0.15) is 35.2 Å². The molecule has 94 valence electrons. The van der Waals surface area contributed by atoms with Gasteiger partial charge in [0.15, 0.2) is 5.78 Å². The van der Waals surface area contributed by atoms with E-state index in [1.54, 1.807) is 0 Å². The van der Waals surface area contributed by atoms with Crippen LogP contribution in [0.15, 0.2) is 29.8 Å². The Morgan fingerprint density at radius 1 is 1.39 bits per heavy atom. The summed E-state index contributed by atoms with van der Waals surface area (Å²) >= 11 is 0. The van der Waals surface area contributed by atoms with Gasteiger partial charge < -0.3 is 5.73 Å². The molecule has 1 aliphatic heterocycles. The van der Waals surface area contributed by atoms with E-state index in [9.17, 15) is 4.79 Å². The second-order valence-electron chi connectivity index (χ2n) is 5.46. The van der Waals surface area contributed by atoms with Gasteiger partial charge in [-0.05, 0) is 25.6 Å². The number of Topliss-reactive ketones (excluding diaryl/α,β-unsaturated/α-hetero) is 1. The number of fused-ring (bicyclic) bond motifs is 3. The maximum Gasteiger partial charge on any atom is 0.166 e. The molecule has 18 heavy (non-hydrogen) atoms. The van der Waals surface area contributed by atoms with Crippen LogP contribution < -0.4 is 5.73 Å². The van der Waals surface area contributed by atoms with Gasteiger partial charge in [-0.15, -0.1) is 0 Å². The number of anilines is 1. The Bertz CT molecular complexity index is 547. The van der Waals surface area contributed by atoms with Gasteiger partial charge in [0, 0.05) is 36.2 Å². The summed E-state index contributed by atoms with van der Waals surface area (Å²) in [6, 6.07) is 6.10. The van der Waals surface area contributed by atoms with Crippen LogP contribution >= 0.6 is 0 Å². The molecule has 0 fully saturated rings. The fourth-order valence-corrected chi connectivity index (χ4v) is 3.32. The minimum Gasteiger partial charge on any atom is -0.398 e. The highest BCUT2D eigenvalue weighted by molar-refractivity contribution is 6.04. The lowest BCUT2D eigenvalue weighted by molar-refractivity contribution is 0.0903. The molecule has 0 spiro atoms. The van der Waals surface area contributed by atoms with Gasteiger partial charge in [0.1, 0.15) is 0 Å². The predicted octanol–water partition coefficient (Wildman–Crippen LogP) is 2.20. The first kappa shape index (κ1) is 11.5. The number of nitrogens with two attached hydrogens (primary N) is 1.